The quantitative estimate of drug-likeness (QED) is 0.807. The molecule has 0 radical (unpaired) electrons. The number of hydrogen-bond acceptors (Lipinski definition) is 1. The van der Waals surface area contributed by atoms with Crippen LogP contribution in [-0.2, 0) is 6.42 Å². The SMILES string of the molecule is CC(C)Cc1ccc(C(=O)O)c(F)c1. The lowest BCUT2D eigenvalue weighted by Crippen LogP contribution is -2.02. The zero-order valence-corrected chi connectivity index (χ0v) is 8.25. The molecule has 0 amide bonds. The smallest absolute Gasteiger partial charge is 0.338 e. The second-order valence-corrected chi connectivity index (χ2v) is 3.72. The number of rotatable bonds is 3. The summed E-state index contributed by atoms with van der Waals surface area (Å²) < 4.78 is 13.2. The monoisotopic (exact) mass is 196 g/mol. The van der Waals surface area contributed by atoms with Gasteiger partial charge in [0, 0.05) is 0 Å². The Labute approximate surface area is 82.4 Å². The molecule has 0 heterocycles. The van der Waals surface area contributed by atoms with E-state index in [9.17, 15) is 9.18 Å². The van der Waals surface area contributed by atoms with E-state index in [4.69, 9.17) is 5.11 Å². The van der Waals surface area contributed by atoms with Crippen LogP contribution >= 0.6 is 0 Å². The summed E-state index contributed by atoms with van der Waals surface area (Å²) in [7, 11) is 0. The molecule has 0 spiro atoms. The number of aromatic carboxylic acids is 1. The van der Waals surface area contributed by atoms with Crippen molar-refractivity contribution < 1.29 is 14.3 Å². The lowest BCUT2D eigenvalue weighted by molar-refractivity contribution is 0.0692. The molecule has 0 unspecified atom stereocenters. The van der Waals surface area contributed by atoms with Crippen molar-refractivity contribution in [2.45, 2.75) is 20.3 Å². The molecular weight excluding hydrogens is 183 g/mol. The van der Waals surface area contributed by atoms with Crippen LogP contribution in [0.1, 0.15) is 29.8 Å². The van der Waals surface area contributed by atoms with Crippen molar-refractivity contribution in [1.29, 1.82) is 0 Å². The zero-order chi connectivity index (χ0) is 10.7. The average Bonchev–Trinajstić information content (AvgIpc) is 2.01. The highest BCUT2D eigenvalue weighted by Gasteiger charge is 2.10. The van der Waals surface area contributed by atoms with Crippen molar-refractivity contribution in [2.75, 3.05) is 0 Å². The maximum absolute atomic E-state index is 13.2. The van der Waals surface area contributed by atoms with E-state index in [0.717, 1.165) is 12.0 Å². The van der Waals surface area contributed by atoms with Crippen molar-refractivity contribution in [3.8, 4) is 0 Å². The van der Waals surface area contributed by atoms with Crippen LogP contribution in [0, 0.1) is 11.7 Å². The van der Waals surface area contributed by atoms with Gasteiger partial charge in [-0.3, -0.25) is 0 Å². The summed E-state index contributed by atoms with van der Waals surface area (Å²) in [4.78, 5) is 10.5. The Bertz CT molecular complexity index is 345. The van der Waals surface area contributed by atoms with E-state index in [2.05, 4.69) is 0 Å². The molecule has 0 aliphatic carbocycles. The third-order valence-corrected chi connectivity index (χ3v) is 1.91. The summed E-state index contributed by atoms with van der Waals surface area (Å²) in [6.45, 7) is 4.06. The van der Waals surface area contributed by atoms with Crippen LogP contribution in [0.4, 0.5) is 4.39 Å². The molecule has 3 heteroatoms. The van der Waals surface area contributed by atoms with E-state index >= 15 is 0 Å². The fourth-order valence-corrected chi connectivity index (χ4v) is 1.33. The van der Waals surface area contributed by atoms with Crippen LogP contribution in [0.25, 0.3) is 0 Å². The Morgan fingerprint density at radius 1 is 1.50 bits per heavy atom. The third kappa shape index (κ3) is 2.55. The van der Waals surface area contributed by atoms with Gasteiger partial charge in [-0.05, 0) is 30.0 Å². The minimum atomic E-state index is -1.22. The van der Waals surface area contributed by atoms with E-state index in [1.54, 1.807) is 6.07 Å². The summed E-state index contributed by atoms with van der Waals surface area (Å²) >= 11 is 0. The second-order valence-electron chi connectivity index (χ2n) is 3.72. The Kier molecular flexibility index (Phi) is 3.23. The number of carbonyl (C=O) groups is 1. The van der Waals surface area contributed by atoms with E-state index in [1.165, 1.54) is 12.1 Å². The standard InChI is InChI=1S/C11H13FO2/c1-7(2)5-8-3-4-9(11(13)14)10(12)6-8/h3-4,6-7H,5H2,1-2H3,(H,13,14). The minimum Gasteiger partial charge on any atom is -0.478 e. The van der Waals surface area contributed by atoms with Gasteiger partial charge in [-0.15, -0.1) is 0 Å². The molecule has 0 atom stereocenters. The van der Waals surface area contributed by atoms with Crippen LogP contribution in [0.2, 0.25) is 0 Å². The Hall–Kier alpha value is -1.38. The highest BCUT2D eigenvalue weighted by molar-refractivity contribution is 5.87. The first-order valence-corrected chi connectivity index (χ1v) is 4.52. The molecule has 1 aromatic carbocycles. The molecule has 0 fully saturated rings. The van der Waals surface area contributed by atoms with Crippen molar-refractivity contribution in [1.82, 2.24) is 0 Å². The predicted octanol–water partition coefficient (Wildman–Crippen LogP) is 2.72. The summed E-state index contributed by atoms with van der Waals surface area (Å²) in [5.41, 5.74) is 0.569. The lowest BCUT2D eigenvalue weighted by Gasteiger charge is -2.05. The maximum Gasteiger partial charge on any atom is 0.338 e. The highest BCUT2D eigenvalue weighted by Crippen LogP contribution is 2.13. The molecule has 0 aliphatic rings. The normalized spacial score (nSPS) is 10.6. The van der Waals surface area contributed by atoms with E-state index in [-0.39, 0.29) is 5.56 Å². The summed E-state index contributed by atoms with van der Waals surface area (Å²) in [6.07, 6.45) is 0.761. The number of carboxylic acid groups (broad SMARTS) is 1. The second kappa shape index (κ2) is 4.22. The third-order valence-electron chi connectivity index (χ3n) is 1.91. The van der Waals surface area contributed by atoms with E-state index < -0.39 is 11.8 Å². The van der Waals surface area contributed by atoms with Crippen molar-refractivity contribution in [3.05, 3.63) is 35.1 Å². The van der Waals surface area contributed by atoms with Gasteiger partial charge in [0.1, 0.15) is 5.82 Å². The number of carboxylic acids is 1. The molecule has 76 valence electrons. The van der Waals surface area contributed by atoms with Gasteiger partial charge in [0.25, 0.3) is 0 Å². The molecule has 1 rings (SSSR count). The summed E-state index contributed by atoms with van der Waals surface area (Å²) in [5.74, 6) is -1.45. The molecule has 14 heavy (non-hydrogen) atoms. The first-order chi connectivity index (χ1) is 6.50. The summed E-state index contributed by atoms with van der Waals surface area (Å²) in [5, 5.41) is 8.60. The Balaban J connectivity index is 2.94. The van der Waals surface area contributed by atoms with Crippen LogP contribution in [-0.4, -0.2) is 11.1 Å². The fourth-order valence-electron chi connectivity index (χ4n) is 1.33. The van der Waals surface area contributed by atoms with Gasteiger partial charge >= 0.3 is 5.97 Å². The first-order valence-electron chi connectivity index (χ1n) is 4.52. The lowest BCUT2D eigenvalue weighted by atomic mass is 10.0. The van der Waals surface area contributed by atoms with Crippen molar-refractivity contribution >= 4 is 5.97 Å². The van der Waals surface area contributed by atoms with Gasteiger partial charge in [0.2, 0.25) is 0 Å². The Morgan fingerprint density at radius 3 is 2.57 bits per heavy atom. The minimum absolute atomic E-state index is 0.266. The largest absolute Gasteiger partial charge is 0.478 e. The zero-order valence-electron chi connectivity index (χ0n) is 8.25. The fraction of sp³-hybridized carbons (Fsp3) is 0.364. The molecule has 2 nitrogen and oxygen atoms in total. The van der Waals surface area contributed by atoms with Gasteiger partial charge in [-0.25, -0.2) is 9.18 Å². The topological polar surface area (TPSA) is 37.3 Å². The van der Waals surface area contributed by atoms with Gasteiger partial charge < -0.3 is 5.11 Å². The predicted molar refractivity (Wildman–Crippen MR) is 51.9 cm³/mol. The van der Waals surface area contributed by atoms with Crippen LogP contribution in [0.3, 0.4) is 0 Å². The Morgan fingerprint density at radius 2 is 2.14 bits per heavy atom. The number of hydrogen-bond donors (Lipinski definition) is 1. The highest BCUT2D eigenvalue weighted by atomic mass is 19.1. The van der Waals surface area contributed by atoms with Gasteiger partial charge in [0.15, 0.2) is 0 Å². The molecule has 0 bridgehead atoms. The van der Waals surface area contributed by atoms with E-state index in [0.29, 0.717) is 5.92 Å². The van der Waals surface area contributed by atoms with Crippen molar-refractivity contribution in [2.24, 2.45) is 5.92 Å². The van der Waals surface area contributed by atoms with Gasteiger partial charge in [0.05, 0.1) is 5.56 Å². The molecular formula is C11H13FO2. The van der Waals surface area contributed by atoms with E-state index in [1.807, 2.05) is 13.8 Å². The molecule has 0 aliphatic heterocycles. The molecule has 1 aromatic rings. The van der Waals surface area contributed by atoms with Crippen LogP contribution < -0.4 is 0 Å². The van der Waals surface area contributed by atoms with Crippen LogP contribution in [0.5, 0.6) is 0 Å². The molecule has 1 N–H and O–H groups in total. The number of halogens is 1. The first kappa shape index (κ1) is 10.7. The average molecular weight is 196 g/mol. The molecule has 0 saturated heterocycles. The molecule has 0 aromatic heterocycles. The van der Waals surface area contributed by atoms with Crippen molar-refractivity contribution in [3.63, 3.8) is 0 Å². The van der Waals surface area contributed by atoms with Gasteiger partial charge in [-0.1, -0.05) is 19.9 Å². The maximum atomic E-state index is 13.2. The van der Waals surface area contributed by atoms with Crippen LogP contribution in [0.15, 0.2) is 18.2 Å². The number of benzene rings is 1. The van der Waals surface area contributed by atoms with Gasteiger partial charge in [-0.2, -0.15) is 0 Å². The molecule has 0 saturated carbocycles. The summed E-state index contributed by atoms with van der Waals surface area (Å²) in [6, 6.07) is 4.27.